The zero-order chi connectivity index (χ0) is 23.2. The number of nitrogens with zero attached hydrogens (tertiary/aromatic N) is 4. The molecule has 0 spiro atoms. The van der Waals surface area contributed by atoms with Crippen LogP contribution in [0.25, 0.3) is 22.2 Å². The third-order valence-electron chi connectivity index (χ3n) is 5.00. The predicted molar refractivity (Wildman–Crippen MR) is 125 cm³/mol. The molecule has 0 atom stereocenters. The molecule has 0 aliphatic rings. The summed E-state index contributed by atoms with van der Waals surface area (Å²) in [6.45, 7) is 2.91. The number of amides is 1. The predicted octanol–water partition coefficient (Wildman–Crippen LogP) is 3.84. The first-order valence-corrected chi connectivity index (χ1v) is 10.9. The maximum Gasteiger partial charge on any atom is 0.251 e. The average molecular weight is 467 g/mol. The number of benzene rings is 1. The van der Waals surface area contributed by atoms with Gasteiger partial charge in [-0.2, -0.15) is 0 Å². The highest BCUT2D eigenvalue weighted by atomic mass is 35.5. The molecule has 2 N–H and O–H groups in total. The van der Waals surface area contributed by atoms with E-state index in [1.807, 2.05) is 19.1 Å². The van der Waals surface area contributed by atoms with Gasteiger partial charge in [0.25, 0.3) is 5.91 Å². The van der Waals surface area contributed by atoms with Crippen molar-refractivity contribution in [1.82, 2.24) is 30.5 Å². The van der Waals surface area contributed by atoms with Gasteiger partial charge in [0.2, 0.25) is 5.88 Å². The Hall–Kier alpha value is -3.72. The molecule has 3 heterocycles. The molecule has 1 aromatic carbocycles. The second kappa shape index (κ2) is 10.3. The van der Waals surface area contributed by atoms with Crippen molar-refractivity contribution in [2.24, 2.45) is 0 Å². The van der Waals surface area contributed by atoms with Crippen LogP contribution in [0.2, 0.25) is 5.02 Å². The van der Waals surface area contributed by atoms with Crippen molar-refractivity contribution < 1.29 is 14.3 Å². The van der Waals surface area contributed by atoms with Gasteiger partial charge in [-0.05, 0) is 37.6 Å². The summed E-state index contributed by atoms with van der Waals surface area (Å²) in [4.78, 5) is 24.5. The summed E-state index contributed by atoms with van der Waals surface area (Å²) in [7, 11) is 1.51. The molecule has 10 heteroatoms. The molecule has 3 aromatic heterocycles. The van der Waals surface area contributed by atoms with E-state index in [4.69, 9.17) is 26.1 Å². The number of carbonyl (C=O) groups is 1. The second-order valence-corrected chi connectivity index (χ2v) is 7.53. The molecule has 0 bridgehead atoms. The lowest BCUT2D eigenvalue weighted by atomic mass is 10.1. The fourth-order valence-corrected chi connectivity index (χ4v) is 3.71. The molecule has 4 aromatic rings. The molecule has 170 valence electrons. The van der Waals surface area contributed by atoms with Crippen LogP contribution in [0.4, 0.5) is 0 Å². The summed E-state index contributed by atoms with van der Waals surface area (Å²) >= 11 is 6.47. The number of aromatic amines is 1. The normalized spacial score (nSPS) is 10.9. The number of halogens is 1. The second-order valence-electron chi connectivity index (χ2n) is 7.15. The van der Waals surface area contributed by atoms with Crippen LogP contribution in [0.1, 0.15) is 29.5 Å². The lowest BCUT2D eigenvalue weighted by Crippen LogP contribution is -2.24. The number of aryl methyl sites for hydroxylation is 1. The van der Waals surface area contributed by atoms with Crippen LogP contribution in [-0.2, 0) is 6.42 Å². The molecule has 33 heavy (non-hydrogen) atoms. The number of ether oxygens (including phenoxy) is 2. The number of rotatable bonds is 9. The third-order valence-corrected chi connectivity index (χ3v) is 5.37. The zero-order valence-electron chi connectivity index (χ0n) is 18.3. The molecule has 0 saturated heterocycles. The van der Waals surface area contributed by atoms with Gasteiger partial charge in [0.05, 0.1) is 24.9 Å². The Labute approximate surface area is 195 Å². The van der Waals surface area contributed by atoms with E-state index in [9.17, 15) is 4.79 Å². The van der Waals surface area contributed by atoms with Crippen molar-refractivity contribution >= 4 is 28.4 Å². The van der Waals surface area contributed by atoms with E-state index in [1.165, 1.54) is 13.4 Å². The van der Waals surface area contributed by atoms with Crippen LogP contribution in [0, 0.1) is 0 Å². The molecular weight excluding hydrogens is 444 g/mol. The van der Waals surface area contributed by atoms with Gasteiger partial charge >= 0.3 is 0 Å². The first kappa shape index (κ1) is 22.5. The smallest absolute Gasteiger partial charge is 0.251 e. The van der Waals surface area contributed by atoms with Crippen molar-refractivity contribution in [2.45, 2.75) is 19.8 Å². The number of aromatic nitrogens is 5. The summed E-state index contributed by atoms with van der Waals surface area (Å²) in [5.74, 6) is 1.58. The highest BCUT2D eigenvalue weighted by Crippen LogP contribution is 2.36. The zero-order valence-corrected chi connectivity index (χ0v) is 19.0. The van der Waals surface area contributed by atoms with Crippen molar-refractivity contribution in [3.8, 4) is 22.9 Å². The lowest BCUT2D eigenvalue weighted by molar-refractivity contribution is 0.0953. The summed E-state index contributed by atoms with van der Waals surface area (Å²) in [5, 5.41) is 11.8. The van der Waals surface area contributed by atoms with Crippen LogP contribution < -0.4 is 14.8 Å². The maximum atomic E-state index is 12.7. The van der Waals surface area contributed by atoms with Gasteiger partial charge in [0, 0.05) is 41.7 Å². The lowest BCUT2D eigenvalue weighted by Gasteiger charge is -2.13. The van der Waals surface area contributed by atoms with Crippen molar-refractivity contribution in [3.05, 3.63) is 59.3 Å². The third kappa shape index (κ3) is 5.04. The number of fused-ring (bicyclic) bond motifs is 1. The van der Waals surface area contributed by atoms with Crippen LogP contribution in [-0.4, -0.2) is 51.3 Å². The molecule has 9 nitrogen and oxygen atoms in total. The molecule has 0 fully saturated rings. The van der Waals surface area contributed by atoms with E-state index < -0.39 is 0 Å². The minimum absolute atomic E-state index is 0.178. The van der Waals surface area contributed by atoms with Gasteiger partial charge in [-0.15, -0.1) is 10.2 Å². The van der Waals surface area contributed by atoms with E-state index in [0.717, 1.165) is 17.6 Å². The number of hydrogen-bond acceptors (Lipinski definition) is 7. The summed E-state index contributed by atoms with van der Waals surface area (Å²) in [6, 6.07) is 8.95. The van der Waals surface area contributed by atoms with E-state index in [0.29, 0.717) is 58.6 Å². The van der Waals surface area contributed by atoms with Crippen LogP contribution in [0.5, 0.6) is 11.6 Å². The molecule has 0 unspecified atom stereocenters. The fraction of sp³-hybridized carbons (Fsp3) is 0.261. The molecule has 1 amide bonds. The number of nitrogens with one attached hydrogen (secondary N) is 2. The van der Waals surface area contributed by atoms with Crippen molar-refractivity contribution in [1.29, 1.82) is 0 Å². The van der Waals surface area contributed by atoms with Crippen LogP contribution in [0.3, 0.4) is 0 Å². The Morgan fingerprint density at radius 2 is 2.12 bits per heavy atom. The van der Waals surface area contributed by atoms with Crippen LogP contribution >= 0.6 is 11.6 Å². The SMILES string of the molecule is CCOc1cc(-c2ccnc(OC)c2Cl)nc2cc(C(=O)NCCCc3nnc[nH]3)ccc12. The van der Waals surface area contributed by atoms with E-state index in [-0.39, 0.29) is 5.91 Å². The Morgan fingerprint density at radius 3 is 2.88 bits per heavy atom. The van der Waals surface area contributed by atoms with E-state index >= 15 is 0 Å². The van der Waals surface area contributed by atoms with Crippen molar-refractivity contribution in [2.75, 3.05) is 20.3 Å². The Morgan fingerprint density at radius 1 is 1.24 bits per heavy atom. The van der Waals surface area contributed by atoms with Gasteiger partial charge in [-0.3, -0.25) is 4.79 Å². The molecular formula is C23H23ClN6O3. The minimum atomic E-state index is -0.178. The number of methoxy groups -OCH3 is 1. The quantitative estimate of drug-likeness (QED) is 0.360. The average Bonchev–Trinajstić information content (AvgIpc) is 3.35. The Kier molecular flexibility index (Phi) is 6.99. The largest absolute Gasteiger partial charge is 0.493 e. The summed E-state index contributed by atoms with van der Waals surface area (Å²) in [6.07, 6.45) is 4.59. The highest BCUT2D eigenvalue weighted by molar-refractivity contribution is 6.34. The Balaban J connectivity index is 1.61. The number of H-pyrrole nitrogens is 1. The summed E-state index contributed by atoms with van der Waals surface area (Å²) < 4.78 is 11.1. The number of pyridine rings is 2. The van der Waals surface area contributed by atoms with Gasteiger partial charge in [0.15, 0.2) is 0 Å². The minimum Gasteiger partial charge on any atom is -0.493 e. The van der Waals surface area contributed by atoms with Crippen molar-refractivity contribution in [3.63, 3.8) is 0 Å². The molecule has 0 radical (unpaired) electrons. The molecule has 4 rings (SSSR count). The molecule has 0 saturated carbocycles. The molecule has 0 aliphatic carbocycles. The van der Waals surface area contributed by atoms with Gasteiger partial charge < -0.3 is 19.8 Å². The molecule has 0 aliphatic heterocycles. The van der Waals surface area contributed by atoms with Gasteiger partial charge in [-0.1, -0.05) is 11.6 Å². The van der Waals surface area contributed by atoms with E-state index in [2.05, 4.69) is 25.5 Å². The van der Waals surface area contributed by atoms with Gasteiger partial charge in [0.1, 0.15) is 22.9 Å². The Bertz CT molecular complexity index is 1260. The highest BCUT2D eigenvalue weighted by Gasteiger charge is 2.16. The number of carbonyl (C=O) groups excluding carboxylic acids is 1. The van der Waals surface area contributed by atoms with E-state index in [1.54, 1.807) is 24.4 Å². The van der Waals surface area contributed by atoms with Gasteiger partial charge in [-0.25, -0.2) is 9.97 Å². The maximum absolute atomic E-state index is 12.7. The summed E-state index contributed by atoms with van der Waals surface area (Å²) in [5.41, 5.74) is 2.39. The van der Waals surface area contributed by atoms with Crippen LogP contribution in [0.15, 0.2) is 42.9 Å². The first-order valence-electron chi connectivity index (χ1n) is 10.5. The topological polar surface area (TPSA) is 115 Å². The first-order chi connectivity index (χ1) is 16.1. The number of hydrogen-bond donors (Lipinski definition) is 2. The monoisotopic (exact) mass is 466 g/mol. The standard InChI is InChI=1S/C23H23ClN6O3/c1-3-33-19-12-18(16-8-10-26-23(32-2)21(16)24)29-17-11-14(6-7-15(17)19)22(31)25-9-4-5-20-27-13-28-30-20/h6-8,10-13H,3-5,9H2,1-2H3,(H,25,31)(H,27,28,30). The fourth-order valence-electron chi connectivity index (χ4n) is 3.43.